The van der Waals surface area contributed by atoms with Gasteiger partial charge in [-0.15, -0.1) is 0 Å². The van der Waals surface area contributed by atoms with E-state index in [4.69, 9.17) is 9.68 Å². The van der Waals surface area contributed by atoms with Crippen LogP contribution in [0.2, 0.25) is 0 Å². The normalized spacial score (nSPS) is 10.1. The summed E-state index contributed by atoms with van der Waals surface area (Å²) >= 11 is 0. The van der Waals surface area contributed by atoms with Crippen LogP contribution in [0.3, 0.4) is 0 Å². The molecular weight excluding hydrogens is 242 g/mol. The minimum atomic E-state index is -0.0980. The second kappa shape index (κ2) is 5.91. The maximum atomic E-state index is 12.4. The molecule has 0 saturated carbocycles. The van der Waals surface area contributed by atoms with Crippen LogP contribution in [0.1, 0.15) is 22.7 Å². The summed E-state index contributed by atoms with van der Waals surface area (Å²) in [7, 11) is 1.82. The third-order valence-electron chi connectivity index (χ3n) is 2.87. The molecule has 2 heterocycles. The number of amides is 1. The standard InChI is InChI=1S/C14H15N3O2/c1-16-8-2-6-13(16)14(18)17(9-4-7-15)11-12-5-3-10-19-12/h2-3,5-6,8,10H,4,9,11H2,1H3. The number of hydrogen-bond acceptors (Lipinski definition) is 3. The third kappa shape index (κ3) is 3.05. The van der Waals surface area contributed by atoms with Gasteiger partial charge in [0, 0.05) is 19.8 Å². The Morgan fingerprint density at radius 3 is 2.89 bits per heavy atom. The maximum absolute atomic E-state index is 12.4. The molecule has 0 aliphatic rings. The van der Waals surface area contributed by atoms with Gasteiger partial charge < -0.3 is 13.9 Å². The molecule has 0 atom stereocenters. The summed E-state index contributed by atoms with van der Waals surface area (Å²) in [6, 6.07) is 9.25. The van der Waals surface area contributed by atoms with E-state index in [0.29, 0.717) is 31.0 Å². The maximum Gasteiger partial charge on any atom is 0.270 e. The molecule has 0 fully saturated rings. The molecule has 0 aromatic carbocycles. The first kappa shape index (κ1) is 13.0. The summed E-state index contributed by atoms with van der Waals surface area (Å²) in [6.45, 7) is 0.764. The molecule has 1 amide bonds. The molecule has 0 radical (unpaired) electrons. The molecular formula is C14H15N3O2. The minimum Gasteiger partial charge on any atom is -0.467 e. The number of hydrogen-bond donors (Lipinski definition) is 0. The van der Waals surface area contributed by atoms with E-state index in [1.54, 1.807) is 27.9 Å². The lowest BCUT2D eigenvalue weighted by Crippen LogP contribution is -2.32. The van der Waals surface area contributed by atoms with Gasteiger partial charge in [0.25, 0.3) is 5.91 Å². The third-order valence-corrected chi connectivity index (χ3v) is 2.87. The first-order valence-corrected chi connectivity index (χ1v) is 6.02. The van der Waals surface area contributed by atoms with Crippen molar-refractivity contribution in [1.29, 1.82) is 5.26 Å². The van der Waals surface area contributed by atoms with Crippen molar-refractivity contribution in [3.8, 4) is 6.07 Å². The monoisotopic (exact) mass is 257 g/mol. The number of nitrogens with zero attached hydrogens (tertiary/aromatic N) is 3. The highest BCUT2D eigenvalue weighted by Gasteiger charge is 2.18. The van der Waals surface area contributed by atoms with E-state index in [1.165, 1.54) is 0 Å². The molecule has 0 spiro atoms. The van der Waals surface area contributed by atoms with Gasteiger partial charge in [-0.1, -0.05) is 0 Å². The largest absolute Gasteiger partial charge is 0.467 e. The Labute approximate surface area is 111 Å². The van der Waals surface area contributed by atoms with Gasteiger partial charge in [-0.25, -0.2) is 0 Å². The van der Waals surface area contributed by atoms with E-state index in [-0.39, 0.29) is 5.91 Å². The summed E-state index contributed by atoms with van der Waals surface area (Å²) in [5.74, 6) is 0.611. The molecule has 0 aliphatic heterocycles. The highest BCUT2D eigenvalue weighted by atomic mass is 16.3. The molecule has 0 unspecified atom stereocenters. The summed E-state index contributed by atoms with van der Waals surface area (Å²) in [5.41, 5.74) is 0.601. The van der Waals surface area contributed by atoms with Crippen molar-refractivity contribution in [1.82, 2.24) is 9.47 Å². The van der Waals surface area contributed by atoms with Crippen LogP contribution in [0.4, 0.5) is 0 Å². The Balaban J connectivity index is 2.15. The first-order valence-electron chi connectivity index (χ1n) is 6.02. The average Bonchev–Trinajstić information content (AvgIpc) is 3.05. The number of nitriles is 1. The molecule has 5 nitrogen and oxygen atoms in total. The first-order chi connectivity index (χ1) is 9.22. The van der Waals surface area contributed by atoms with Crippen LogP contribution in [0.5, 0.6) is 0 Å². The van der Waals surface area contributed by atoms with Crippen LogP contribution < -0.4 is 0 Å². The topological polar surface area (TPSA) is 62.2 Å². The lowest BCUT2D eigenvalue weighted by molar-refractivity contribution is 0.0725. The second-order valence-corrected chi connectivity index (χ2v) is 4.22. The predicted octanol–water partition coefficient (Wildman–Crippen LogP) is 2.17. The zero-order valence-corrected chi connectivity index (χ0v) is 10.7. The van der Waals surface area contributed by atoms with Crippen LogP contribution in [0.25, 0.3) is 0 Å². The van der Waals surface area contributed by atoms with Gasteiger partial charge in [0.15, 0.2) is 0 Å². The van der Waals surface area contributed by atoms with Crippen LogP contribution >= 0.6 is 0 Å². The van der Waals surface area contributed by atoms with Gasteiger partial charge in [0.2, 0.25) is 0 Å². The molecule has 5 heteroatoms. The zero-order chi connectivity index (χ0) is 13.7. The van der Waals surface area contributed by atoms with Crippen molar-refractivity contribution in [3.05, 3.63) is 48.2 Å². The Morgan fingerprint density at radius 2 is 2.32 bits per heavy atom. The Hall–Kier alpha value is -2.48. The number of rotatable bonds is 5. The van der Waals surface area contributed by atoms with Crippen LogP contribution in [0.15, 0.2) is 41.1 Å². The van der Waals surface area contributed by atoms with Gasteiger partial charge in [-0.05, 0) is 24.3 Å². The Morgan fingerprint density at radius 1 is 1.47 bits per heavy atom. The molecule has 2 rings (SSSR count). The summed E-state index contributed by atoms with van der Waals surface area (Å²) in [4.78, 5) is 14.0. The van der Waals surface area contributed by atoms with Gasteiger partial charge in [-0.2, -0.15) is 5.26 Å². The van der Waals surface area contributed by atoms with E-state index in [0.717, 1.165) is 0 Å². The van der Waals surface area contributed by atoms with Gasteiger partial charge in [0.05, 0.1) is 25.3 Å². The van der Waals surface area contributed by atoms with Crippen LogP contribution in [0, 0.1) is 11.3 Å². The molecule has 0 saturated heterocycles. The fourth-order valence-corrected chi connectivity index (χ4v) is 1.87. The van der Waals surface area contributed by atoms with Crippen LogP contribution in [-0.2, 0) is 13.6 Å². The number of aromatic nitrogens is 1. The zero-order valence-electron chi connectivity index (χ0n) is 10.7. The van der Waals surface area contributed by atoms with Crippen molar-refractivity contribution in [2.75, 3.05) is 6.54 Å². The smallest absolute Gasteiger partial charge is 0.270 e. The van der Waals surface area contributed by atoms with E-state index in [9.17, 15) is 4.79 Å². The molecule has 2 aromatic rings. The molecule has 98 valence electrons. The van der Waals surface area contributed by atoms with Crippen LogP contribution in [-0.4, -0.2) is 21.9 Å². The highest BCUT2D eigenvalue weighted by Crippen LogP contribution is 2.11. The lowest BCUT2D eigenvalue weighted by atomic mass is 10.3. The molecule has 2 aromatic heterocycles. The lowest BCUT2D eigenvalue weighted by Gasteiger charge is -2.20. The van der Waals surface area contributed by atoms with Crippen molar-refractivity contribution in [2.45, 2.75) is 13.0 Å². The SMILES string of the molecule is Cn1cccc1C(=O)N(CCC#N)Cc1ccco1. The minimum absolute atomic E-state index is 0.0980. The van der Waals surface area contributed by atoms with E-state index >= 15 is 0 Å². The molecule has 0 N–H and O–H groups in total. The average molecular weight is 257 g/mol. The van der Waals surface area contributed by atoms with Crippen molar-refractivity contribution in [3.63, 3.8) is 0 Å². The number of carbonyl (C=O) groups excluding carboxylic acids is 1. The fraction of sp³-hybridized carbons (Fsp3) is 0.286. The molecule has 19 heavy (non-hydrogen) atoms. The molecule has 0 bridgehead atoms. The fourth-order valence-electron chi connectivity index (χ4n) is 1.87. The highest BCUT2D eigenvalue weighted by molar-refractivity contribution is 5.92. The predicted molar refractivity (Wildman–Crippen MR) is 69.1 cm³/mol. The van der Waals surface area contributed by atoms with E-state index in [1.807, 2.05) is 25.4 Å². The van der Waals surface area contributed by atoms with E-state index < -0.39 is 0 Å². The van der Waals surface area contributed by atoms with Gasteiger partial charge in [0.1, 0.15) is 11.5 Å². The Bertz CT molecular complexity index is 578. The van der Waals surface area contributed by atoms with E-state index in [2.05, 4.69) is 6.07 Å². The second-order valence-electron chi connectivity index (χ2n) is 4.22. The van der Waals surface area contributed by atoms with Crippen molar-refractivity contribution >= 4 is 5.91 Å². The number of aryl methyl sites for hydroxylation is 1. The van der Waals surface area contributed by atoms with Crippen molar-refractivity contribution in [2.24, 2.45) is 7.05 Å². The van der Waals surface area contributed by atoms with Crippen molar-refractivity contribution < 1.29 is 9.21 Å². The number of carbonyl (C=O) groups is 1. The summed E-state index contributed by atoms with van der Waals surface area (Å²) < 4.78 is 7.03. The number of furan rings is 1. The quantitative estimate of drug-likeness (QED) is 0.824. The summed E-state index contributed by atoms with van der Waals surface area (Å²) in [6.07, 6.45) is 3.70. The summed E-state index contributed by atoms with van der Waals surface area (Å²) in [5, 5.41) is 8.69. The van der Waals surface area contributed by atoms with Gasteiger partial charge in [-0.3, -0.25) is 4.79 Å². The Kier molecular flexibility index (Phi) is 4.04. The molecule has 0 aliphatic carbocycles. The van der Waals surface area contributed by atoms with Gasteiger partial charge >= 0.3 is 0 Å².